The van der Waals surface area contributed by atoms with E-state index in [0.717, 1.165) is 29.2 Å². The summed E-state index contributed by atoms with van der Waals surface area (Å²) in [4.78, 5) is 11.0. The van der Waals surface area contributed by atoms with Crippen molar-refractivity contribution in [2.24, 2.45) is 0 Å². The van der Waals surface area contributed by atoms with E-state index in [1.165, 1.54) is 0 Å². The molecule has 15 heavy (non-hydrogen) atoms. The van der Waals surface area contributed by atoms with E-state index < -0.39 is 0 Å². The zero-order valence-corrected chi connectivity index (χ0v) is 11.4. The third-order valence-electron chi connectivity index (χ3n) is 2.17. The highest BCUT2D eigenvalue weighted by molar-refractivity contribution is 9.10. The molecule has 84 valence electrons. The van der Waals surface area contributed by atoms with Crippen molar-refractivity contribution in [2.75, 3.05) is 18.5 Å². The largest absolute Gasteiger partial charge is 0.360 e. The van der Waals surface area contributed by atoms with Gasteiger partial charge >= 0.3 is 0 Å². The first-order chi connectivity index (χ1) is 7.04. The molecule has 3 nitrogen and oxygen atoms in total. The Labute approximate surface area is 100 Å². The monoisotopic (exact) mass is 271 g/mol. The van der Waals surface area contributed by atoms with Crippen molar-refractivity contribution >= 4 is 21.7 Å². The van der Waals surface area contributed by atoms with Crippen molar-refractivity contribution in [1.29, 1.82) is 0 Å². The van der Waals surface area contributed by atoms with E-state index in [-0.39, 0.29) is 0 Å². The minimum Gasteiger partial charge on any atom is -0.360 e. The van der Waals surface area contributed by atoms with Crippen molar-refractivity contribution in [3.8, 4) is 0 Å². The van der Waals surface area contributed by atoms with E-state index in [1.807, 2.05) is 6.07 Å². The third kappa shape index (κ3) is 3.45. The van der Waals surface area contributed by atoms with Crippen LogP contribution in [-0.2, 0) is 0 Å². The Kier molecular flexibility index (Phi) is 4.51. The first-order valence-corrected chi connectivity index (χ1v) is 6.09. The number of anilines is 1. The van der Waals surface area contributed by atoms with Gasteiger partial charge < -0.3 is 4.90 Å². The van der Waals surface area contributed by atoms with Crippen LogP contribution in [0.2, 0.25) is 0 Å². The summed E-state index contributed by atoms with van der Waals surface area (Å²) in [5.74, 6) is 2.24. The molecule has 1 aromatic rings. The summed E-state index contributed by atoms with van der Waals surface area (Å²) in [6.45, 7) is 7.38. The van der Waals surface area contributed by atoms with E-state index in [2.05, 4.69) is 58.6 Å². The number of halogens is 1. The SMILES string of the molecule is CCCN(C)c1cc(Br)nc(C(C)C)n1. The summed E-state index contributed by atoms with van der Waals surface area (Å²) in [6, 6.07) is 1.96. The van der Waals surface area contributed by atoms with Gasteiger partial charge in [-0.25, -0.2) is 9.97 Å². The van der Waals surface area contributed by atoms with Crippen molar-refractivity contribution in [3.05, 3.63) is 16.5 Å². The molecule has 0 bridgehead atoms. The molecule has 0 atom stereocenters. The van der Waals surface area contributed by atoms with Crippen LogP contribution in [-0.4, -0.2) is 23.6 Å². The molecular weight excluding hydrogens is 254 g/mol. The van der Waals surface area contributed by atoms with Crippen LogP contribution in [0.1, 0.15) is 38.9 Å². The minimum absolute atomic E-state index is 0.358. The summed E-state index contributed by atoms with van der Waals surface area (Å²) in [6.07, 6.45) is 1.12. The molecule has 0 saturated heterocycles. The maximum absolute atomic E-state index is 4.54. The molecule has 0 spiro atoms. The minimum atomic E-state index is 0.358. The van der Waals surface area contributed by atoms with Crippen LogP contribution >= 0.6 is 15.9 Å². The van der Waals surface area contributed by atoms with Crippen LogP contribution in [0.4, 0.5) is 5.82 Å². The van der Waals surface area contributed by atoms with Crippen molar-refractivity contribution in [1.82, 2.24) is 9.97 Å². The highest BCUT2D eigenvalue weighted by Gasteiger charge is 2.09. The second-order valence-electron chi connectivity index (χ2n) is 3.98. The average molecular weight is 272 g/mol. The van der Waals surface area contributed by atoms with E-state index in [0.29, 0.717) is 5.92 Å². The Morgan fingerprint density at radius 1 is 1.40 bits per heavy atom. The lowest BCUT2D eigenvalue weighted by Gasteiger charge is -2.18. The lowest BCUT2D eigenvalue weighted by atomic mass is 10.2. The molecule has 0 saturated carbocycles. The Balaban J connectivity index is 2.98. The van der Waals surface area contributed by atoms with Crippen molar-refractivity contribution in [3.63, 3.8) is 0 Å². The summed E-state index contributed by atoms with van der Waals surface area (Å²) in [5.41, 5.74) is 0. The average Bonchev–Trinajstić information content (AvgIpc) is 2.17. The molecule has 0 unspecified atom stereocenters. The fourth-order valence-corrected chi connectivity index (χ4v) is 1.71. The van der Waals surface area contributed by atoms with Crippen LogP contribution in [0.5, 0.6) is 0 Å². The van der Waals surface area contributed by atoms with Crippen LogP contribution in [0.25, 0.3) is 0 Å². The zero-order chi connectivity index (χ0) is 11.4. The number of hydrogen-bond donors (Lipinski definition) is 0. The van der Waals surface area contributed by atoms with E-state index in [9.17, 15) is 0 Å². The summed E-state index contributed by atoms with van der Waals surface area (Å²) in [7, 11) is 2.06. The van der Waals surface area contributed by atoms with Gasteiger partial charge in [-0.15, -0.1) is 0 Å². The van der Waals surface area contributed by atoms with E-state index in [1.54, 1.807) is 0 Å². The highest BCUT2D eigenvalue weighted by atomic mass is 79.9. The maximum atomic E-state index is 4.54. The topological polar surface area (TPSA) is 29.0 Å². The third-order valence-corrected chi connectivity index (χ3v) is 2.57. The fraction of sp³-hybridized carbons (Fsp3) is 0.636. The van der Waals surface area contributed by atoms with Gasteiger partial charge in [0.2, 0.25) is 0 Å². The molecule has 0 aromatic carbocycles. The Morgan fingerprint density at radius 3 is 2.60 bits per heavy atom. The first-order valence-electron chi connectivity index (χ1n) is 5.30. The van der Waals surface area contributed by atoms with Gasteiger partial charge in [0, 0.05) is 25.6 Å². The van der Waals surface area contributed by atoms with Gasteiger partial charge in [-0.05, 0) is 22.4 Å². The molecule has 1 aromatic heterocycles. The smallest absolute Gasteiger partial charge is 0.134 e. The van der Waals surface area contributed by atoms with Crippen molar-refractivity contribution < 1.29 is 0 Å². The summed E-state index contributed by atoms with van der Waals surface area (Å²) in [5, 5.41) is 0. The van der Waals surface area contributed by atoms with Crippen LogP contribution in [0.3, 0.4) is 0 Å². The second kappa shape index (κ2) is 5.45. The standard InChI is InChI=1S/C11H18BrN3/c1-5-6-15(4)10-7-9(12)13-11(14-10)8(2)3/h7-8H,5-6H2,1-4H3. The maximum Gasteiger partial charge on any atom is 0.134 e. The Hall–Kier alpha value is -0.640. The molecule has 0 fully saturated rings. The lowest BCUT2D eigenvalue weighted by molar-refractivity contribution is 0.753. The summed E-state index contributed by atoms with van der Waals surface area (Å²) < 4.78 is 0.860. The van der Waals surface area contributed by atoms with Crippen LogP contribution in [0.15, 0.2) is 10.7 Å². The van der Waals surface area contributed by atoms with Crippen molar-refractivity contribution in [2.45, 2.75) is 33.1 Å². The van der Waals surface area contributed by atoms with Gasteiger partial charge in [0.1, 0.15) is 16.2 Å². The Morgan fingerprint density at radius 2 is 2.07 bits per heavy atom. The number of aromatic nitrogens is 2. The zero-order valence-electron chi connectivity index (χ0n) is 9.79. The Bertz CT molecular complexity index is 326. The van der Waals surface area contributed by atoms with Gasteiger partial charge in [-0.1, -0.05) is 20.8 Å². The highest BCUT2D eigenvalue weighted by Crippen LogP contribution is 2.19. The molecular formula is C11H18BrN3. The molecule has 0 aliphatic heterocycles. The number of rotatable bonds is 4. The molecule has 1 rings (SSSR count). The van der Waals surface area contributed by atoms with Gasteiger partial charge in [0.05, 0.1) is 0 Å². The van der Waals surface area contributed by atoms with Gasteiger partial charge in [0.15, 0.2) is 0 Å². The van der Waals surface area contributed by atoms with Gasteiger partial charge in [-0.2, -0.15) is 0 Å². The molecule has 1 heterocycles. The van der Waals surface area contributed by atoms with Crippen LogP contribution < -0.4 is 4.90 Å². The predicted molar refractivity (Wildman–Crippen MR) is 67.4 cm³/mol. The number of nitrogens with zero attached hydrogens (tertiary/aromatic N) is 3. The molecule has 4 heteroatoms. The van der Waals surface area contributed by atoms with Gasteiger partial charge in [0.25, 0.3) is 0 Å². The fourth-order valence-electron chi connectivity index (χ4n) is 1.33. The quantitative estimate of drug-likeness (QED) is 0.788. The first kappa shape index (κ1) is 12.4. The van der Waals surface area contributed by atoms with Crippen LogP contribution in [0, 0.1) is 0 Å². The molecule has 0 radical (unpaired) electrons. The molecule has 0 N–H and O–H groups in total. The van der Waals surface area contributed by atoms with E-state index in [4.69, 9.17) is 0 Å². The van der Waals surface area contributed by atoms with Gasteiger partial charge in [-0.3, -0.25) is 0 Å². The second-order valence-corrected chi connectivity index (χ2v) is 4.80. The normalized spacial score (nSPS) is 10.8. The molecule has 0 aliphatic rings. The predicted octanol–water partition coefficient (Wildman–Crippen LogP) is 3.21. The molecule has 0 amide bonds. The number of hydrogen-bond acceptors (Lipinski definition) is 3. The lowest BCUT2D eigenvalue weighted by Crippen LogP contribution is -2.20. The summed E-state index contributed by atoms with van der Waals surface area (Å²) >= 11 is 3.42. The van der Waals surface area contributed by atoms with E-state index >= 15 is 0 Å². The molecule has 0 aliphatic carbocycles.